The predicted octanol–water partition coefficient (Wildman–Crippen LogP) is 4.97. The minimum absolute atomic E-state index is 0.143. The van der Waals surface area contributed by atoms with Gasteiger partial charge in [0.15, 0.2) is 0 Å². The lowest BCUT2D eigenvalue weighted by Crippen LogP contribution is -2.53. The van der Waals surface area contributed by atoms with Gasteiger partial charge in [-0.1, -0.05) is 91.7 Å². The maximum absolute atomic E-state index is 14.0. The Kier molecular flexibility index (Phi) is 10.9. The molecule has 9 heteroatoms. The molecule has 0 aliphatic rings. The number of unbranched alkanes of at least 4 members (excludes halogenated alkanes) is 1. The van der Waals surface area contributed by atoms with Gasteiger partial charge in [-0.05, 0) is 42.2 Å². The lowest BCUT2D eigenvalue weighted by atomic mass is 10.0. The number of halogens is 1. The molecule has 7 nitrogen and oxygen atoms in total. The van der Waals surface area contributed by atoms with Gasteiger partial charge in [-0.3, -0.25) is 13.9 Å². The summed E-state index contributed by atoms with van der Waals surface area (Å²) in [5, 5.41) is 3.37. The quantitative estimate of drug-likeness (QED) is 0.294. The number of anilines is 1. The molecule has 0 aliphatic heterocycles. The molecule has 0 radical (unpaired) electrons. The van der Waals surface area contributed by atoms with Gasteiger partial charge in [0.1, 0.15) is 12.6 Å². The first-order valence-corrected chi connectivity index (χ1v) is 15.2. The Balaban J connectivity index is 2.04. The molecule has 3 rings (SSSR count). The third kappa shape index (κ3) is 8.57. The van der Waals surface area contributed by atoms with E-state index in [1.54, 1.807) is 25.1 Å². The minimum atomic E-state index is -3.85. The third-order valence-corrected chi connectivity index (χ3v) is 8.02. The number of rotatable bonds is 13. The van der Waals surface area contributed by atoms with Crippen molar-refractivity contribution in [3.63, 3.8) is 0 Å². The zero-order chi connectivity index (χ0) is 28.4. The number of carbonyl (C=O) groups is 2. The fraction of sp³-hybridized carbons (Fsp3) is 0.333. The van der Waals surface area contributed by atoms with Crippen LogP contribution in [0.15, 0.2) is 78.9 Å². The van der Waals surface area contributed by atoms with Crippen LogP contribution in [0.4, 0.5) is 5.69 Å². The van der Waals surface area contributed by atoms with E-state index in [2.05, 4.69) is 5.32 Å². The smallest absolute Gasteiger partial charge is 0.244 e. The summed E-state index contributed by atoms with van der Waals surface area (Å²) >= 11 is 6.29. The van der Waals surface area contributed by atoms with Gasteiger partial charge >= 0.3 is 0 Å². The van der Waals surface area contributed by atoms with Crippen molar-refractivity contribution >= 4 is 39.1 Å². The number of carbonyl (C=O) groups excluding carboxylic acids is 2. The maximum Gasteiger partial charge on any atom is 0.244 e. The average Bonchev–Trinajstić information content (AvgIpc) is 2.91. The summed E-state index contributed by atoms with van der Waals surface area (Å²) in [6.45, 7) is 3.91. The van der Waals surface area contributed by atoms with E-state index in [4.69, 9.17) is 11.6 Å². The normalized spacial score (nSPS) is 12.0. The lowest BCUT2D eigenvalue weighted by Gasteiger charge is -2.34. The summed E-state index contributed by atoms with van der Waals surface area (Å²) in [5.41, 5.74) is 2.59. The Bertz CT molecular complexity index is 1350. The van der Waals surface area contributed by atoms with Crippen LogP contribution < -0.4 is 9.62 Å². The molecule has 0 aromatic heterocycles. The highest BCUT2D eigenvalue weighted by atomic mass is 35.5. The number of hydrogen-bond donors (Lipinski definition) is 1. The highest BCUT2D eigenvalue weighted by Gasteiger charge is 2.33. The van der Waals surface area contributed by atoms with E-state index >= 15 is 0 Å². The van der Waals surface area contributed by atoms with Crippen LogP contribution in [0.3, 0.4) is 0 Å². The van der Waals surface area contributed by atoms with Gasteiger partial charge in [0.25, 0.3) is 0 Å². The summed E-state index contributed by atoms with van der Waals surface area (Å²) in [4.78, 5) is 29.1. The van der Waals surface area contributed by atoms with Crippen molar-refractivity contribution in [3.05, 3.63) is 101 Å². The van der Waals surface area contributed by atoms with Gasteiger partial charge in [-0.15, -0.1) is 0 Å². The summed E-state index contributed by atoms with van der Waals surface area (Å²) in [7, 11) is -3.85. The standard InChI is InChI=1S/C30H36ClN3O4S/c1-4-5-19-32-30(36)28(20-24-13-8-6-9-14-24)33(21-25-15-10-7-11-16-25)29(35)22-34(39(3,37)38)27-18-12-17-26(31)23(27)2/h6-18,28H,4-5,19-22H2,1-3H3,(H,32,36)/t28-/m1/s1. The monoisotopic (exact) mass is 569 g/mol. The third-order valence-electron chi connectivity index (χ3n) is 6.48. The van der Waals surface area contributed by atoms with Crippen molar-refractivity contribution in [1.29, 1.82) is 0 Å². The van der Waals surface area contributed by atoms with Crippen LogP contribution >= 0.6 is 11.6 Å². The zero-order valence-corrected chi connectivity index (χ0v) is 24.2. The molecule has 208 valence electrons. The van der Waals surface area contributed by atoms with E-state index in [-0.39, 0.29) is 18.9 Å². The second-order valence-electron chi connectivity index (χ2n) is 9.51. The first kappa shape index (κ1) is 30.2. The molecule has 1 atom stereocenters. The molecule has 0 spiro atoms. The highest BCUT2D eigenvalue weighted by molar-refractivity contribution is 7.92. The van der Waals surface area contributed by atoms with Crippen LogP contribution in [-0.4, -0.2) is 50.5 Å². The van der Waals surface area contributed by atoms with Crippen molar-refractivity contribution in [2.45, 2.75) is 45.7 Å². The molecular weight excluding hydrogens is 534 g/mol. The zero-order valence-electron chi connectivity index (χ0n) is 22.6. The molecule has 0 bridgehead atoms. The second kappa shape index (κ2) is 14.1. The van der Waals surface area contributed by atoms with Crippen molar-refractivity contribution in [2.24, 2.45) is 0 Å². The number of nitrogens with one attached hydrogen (secondary N) is 1. The lowest BCUT2D eigenvalue weighted by molar-refractivity contribution is -0.140. The van der Waals surface area contributed by atoms with E-state index in [1.165, 1.54) is 4.90 Å². The number of nitrogens with zero attached hydrogens (tertiary/aromatic N) is 2. The molecule has 0 unspecified atom stereocenters. The van der Waals surface area contributed by atoms with Crippen LogP contribution in [0.5, 0.6) is 0 Å². The minimum Gasteiger partial charge on any atom is -0.354 e. The van der Waals surface area contributed by atoms with E-state index in [1.807, 2.05) is 67.6 Å². The van der Waals surface area contributed by atoms with Crippen LogP contribution in [0, 0.1) is 6.92 Å². The average molecular weight is 570 g/mol. The van der Waals surface area contributed by atoms with Crippen molar-refractivity contribution < 1.29 is 18.0 Å². The molecule has 1 N–H and O–H groups in total. The molecular formula is C30H36ClN3O4S. The van der Waals surface area contributed by atoms with Gasteiger partial charge < -0.3 is 10.2 Å². The predicted molar refractivity (Wildman–Crippen MR) is 157 cm³/mol. The SMILES string of the molecule is CCCCNC(=O)[C@@H](Cc1ccccc1)N(Cc1ccccc1)C(=O)CN(c1cccc(Cl)c1C)S(C)(=O)=O. The van der Waals surface area contributed by atoms with Crippen molar-refractivity contribution in [3.8, 4) is 0 Å². The van der Waals surface area contributed by atoms with E-state index in [0.717, 1.165) is 34.5 Å². The van der Waals surface area contributed by atoms with Gasteiger partial charge in [0.2, 0.25) is 21.8 Å². The van der Waals surface area contributed by atoms with Gasteiger partial charge in [0.05, 0.1) is 11.9 Å². The van der Waals surface area contributed by atoms with E-state index in [9.17, 15) is 18.0 Å². The van der Waals surface area contributed by atoms with Crippen LogP contribution in [0.1, 0.15) is 36.5 Å². The molecule has 3 aromatic rings. The first-order chi connectivity index (χ1) is 18.6. The maximum atomic E-state index is 14.0. The van der Waals surface area contributed by atoms with Crippen molar-refractivity contribution in [1.82, 2.24) is 10.2 Å². The topological polar surface area (TPSA) is 86.8 Å². The highest BCUT2D eigenvalue weighted by Crippen LogP contribution is 2.28. The fourth-order valence-electron chi connectivity index (χ4n) is 4.30. The van der Waals surface area contributed by atoms with E-state index < -0.39 is 28.5 Å². The largest absolute Gasteiger partial charge is 0.354 e. The molecule has 3 aromatic carbocycles. The Hall–Kier alpha value is -3.36. The molecule has 0 saturated heterocycles. The summed E-state index contributed by atoms with van der Waals surface area (Å²) in [6, 6.07) is 22.9. The van der Waals surface area contributed by atoms with Gasteiger partial charge in [-0.25, -0.2) is 8.42 Å². The van der Waals surface area contributed by atoms with Crippen LogP contribution in [-0.2, 0) is 32.6 Å². The number of hydrogen-bond acceptors (Lipinski definition) is 4. The second-order valence-corrected chi connectivity index (χ2v) is 11.8. The molecule has 0 heterocycles. The van der Waals surface area contributed by atoms with Crippen LogP contribution in [0.2, 0.25) is 5.02 Å². The van der Waals surface area contributed by atoms with Gasteiger partial charge in [0, 0.05) is 24.5 Å². The molecule has 2 amide bonds. The number of benzene rings is 3. The fourth-order valence-corrected chi connectivity index (χ4v) is 5.37. The van der Waals surface area contributed by atoms with Crippen molar-refractivity contribution in [2.75, 3.05) is 23.7 Å². The number of sulfonamides is 1. The Morgan fingerprint density at radius 3 is 2.13 bits per heavy atom. The molecule has 0 aliphatic carbocycles. The Morgan fingerprint density at radius 1 is 0.923 bits per heavy atom. The van der Waals surface area contributed by atoms with Gasteiger partial charge in [-0.2, -0.15) is 0 Å². The van der Waals surface area contributed by atoms with E-state index in [0.29, 0.717) is 22.8 Å². The van der Waals surface area contributed by atoms with Crippen LogP contribution in [0.25, 0.3) is 0 Å². The molecule has 0 saturated carbocycles. The summed E-state index contributed by atoms with van der Waals surface area (Å²) < 4.78 is 26.9. The molecule has 0 fully saturated rings. The summed E-state index contributed by atoms with van der Waals surface area (Å²) in [5.74, 6) is -0.767. The Labute approximate surface area is 236 Å². The summed E-state index contributed by atoms with van der Waals surface area (Å²) in [6.07, 6.45) is 3.07. The number of amides is 2. The Morgan fingerprint density at radius 2 is 1.54 bits per heavy atom. The first-order valence-electron chi connectivity index (χ1n) is 13.0. The molecule has 39 heavy (non-hydrogen) atoms.